The SMILES string of the molecule is O=CCC1(C2CCCCCCC2)CCCCCCN1. The summed E-state index contributed by atoms with van der Waals surface area (Å²) >= 11 is 0. The van der Waals surface area contributed by atoms with Gasteiger partial charge in [0, 0.05) is 12.0 Å². The first-order valence-electron chi connectivity index (χ1n) is 8.56. The third-order valence-corrected chi connectivity index (χ3v) is 5.36. The smallest absolute Gasteiger partial charge is 0.121 e. The van der Waals surface area contributed by atoms with Gasteiger partial charge in [0.05, 0.1) is 0 Å². The Morgan fingerprint density at radius 2 is 1.53 bits per heavy atom. The van der Waals surface area contributed by atoms with Crippen LogP contribution in [0, 0.1) is 5.92 Å². The molecule has 110 valence electrons. The number of rotatable bonds is 3. The van der Waals surface area contributed by atoms with Gasteiger partial charge in [0.2, 0.25) is 0 Å². The molecule has 1 saturated carbocycles. The molecule has 0 amide bonds. The summed E-state index contributed by atoms with van der Waals surface area (Å²) in [7, 11) is 0. The number of carbonyl (C=O) groups is 1. The molecular formula is C17H31NO. The van der Waals surface area contributed by atoms with Gasteiger partial charge < -0.3 is 10.1 Å². The van der Waals surface area contributed by atoms with Gasteiger partial charge in [0.25, 0.3) is 0 Å². The first kappa shape index (κ1) is 15.0. The molecule has 1 aliphatic heterocycles. The standard InChI is InChI=1S/C17H31NO/c19-15-13-17(12-8-4-5-9-14-18-17)16-10-6-2-1-3-7-11-16/h15-16,18H,1-14H2. The van der Waals surface area contributed by atoms with Crippen molar-refractivity contribution < 1.29 is 4.79 Å². The minimum Gasteiger partial charge on any atom is -0.311 e. The second-order valence-corrected chi connectivity index (χ2v) is 6.66. The predicted molar refractivity (Wildman–Crippen MR) is 80.3 cm³/mol. The fraction of sp³-hybridized carbons (Fsp3) is 0.941. The highest BCUT2D eigenvalue weighted by atomic mass is 16.1. The summed E-state index contributed by atoms with van der Waals surface area (Å²) in [5.74, 6) is 0.732. The summed E-state index contributed by atoms with van der Waals surface area (Å²) in [6.45, 7) is 1.12. The van der Waals surface area contributed by atoms with Gasteiger partial charge in [-0.2, -0.15) is 0 Å². The zero-order valence-corrected chi connectivity index (χ0v) is 12.5. The summed E-state index contributed by atoms with van der Waals surface area (Å²) in [5, 5.41) is 3.82. The largest absolute Gasteiger partial charge is 0.311 e. The van der Waals surface area contributed by atoms with Crippen LogP contribution in [0.5, 0.6) is 0 Å². The van der Waals surface area contributed by atoms with Crippen LogP contribution in [-0.4, -0.2) is 18.4 Å². The molecule has 2 fully saturated rings. The van der Waals surface area contributed by atoms with Gasteiger partial charge in [-0.3, -0.25) is 0 Å². The number of carbonyl (C=O) groups excluding carboxylic acids is 1. The molecule has 1 heterocycles. The van der Waals surface area contributed by atoms with Gasteiger partial charge in [-0.25, -0.2) is 0 Å². The molecular weight excluding hydrogens is 234 g/mol. The summed E-state index contributed by atoms with van der Waals surface area (Å²) in [6, 6.07) is 0. The average molecular weight is 265 g/mol. The molecule has 19 heavy (non-hydrogen) atoms. The topological polar surface area (TPSA) is 29.1 Å². The van der Waals surface area contributed by atoms with Crippen molar-refractivity contribution in [3.05, 3.63) is 0 Å². The summed E-state index contributed by atoms with van der Waals surface area (Å²) in [5.41, 5.74) is 0.138. The van der Waals surface area contributed by atoms with Crippen molar-refractivity contribution in [2.24, 2.45) is 5.92 Å². The number of hydrogen-bond donors (Lipinski definition) is 1. The quantitative estimate of drug-likeness (QED) is 0.774. The number of nitrogens with one attached hydrogen (secondary N) is 1. The van der Waals surface area contributed by atoms with Crippen molar-refractivity contribution in [2.75, 3.05) is 6.54 Å². The number of hydrogen-bond acceptors (Lipinski definition) is 2. The molecule has 1 N–H and O–H groups in total. The molecule has 1 saturated heterocycles. The Kier molecular flexibility index (Phi) is 6.36. The van der Waals surface area contributed by atoms with Crippen LogP contribution in [0.1, 0.15) is 83.5 Å². The second kappa shape index (κ2) is 8.04. The third-order valence-electron chi connectivity index (χ3n) is 5.36. The molecule has 0 radical (unpaired) electrons. The fourth-order valence-corrected chi connectivity index (χ4v) is 4.19. The van der Waals surface area contributed by atoms with Crippen LogP contribution in [0.2, 0.25) is 0 Å². The molecule has 2 rings (SSSR count). The molecule has 1 atom stereocenters. The Bertz CT molecular complexity index is 248. The van der Waals surface area contributed by atoms with Crippen LogP contribution in [-0.2, 0) is 4.79 Å². The van der Waals surface area contributed by atoms with Crippen LogP contribution in [0.4, 0.5) is 0 Å². The van der Waals surface area contributed by atoms with E-state index in [4.69, 9.17) is 0 Å². The van der Waals surface area contributed by atoms with Crippen molar-refractivity contribution in [3.8, 4) is 0 Å². The molecule has 1 unspecified atom stereocenters. The zero-order valence-electron chi connectivity index (χ0n) is 12.5. The fourth-order valence-electron chi connectivity index (χ4n) is 4.19. The molecule has 1 aliphatic carbocycles. The summed E-state index contributed by atoms with van der Waals surface area (Å²) in [4.78, 5) is 11.2. The highest BCUT2D eigenvalue weighted by Crippen LogP contribution is 2.37. The van der Waals surface area contributed by atoms with Gasteiger partial charge in [0.1, 0.15) is 6.29 Å². The Hall–Kier alpha value is -0.370. The lowest BCUT2D eigenvalue weighted by Crippen LogP contribution is -2.52. The zero-order chi connectivity index (χ0) is 13.4. The molecule has 2 nitrogen and oxygen atoms in total. The molecule has 0 aromatic rings. The van der Waals surface area contributed by atoms with Crippen molar-refractivity contribution in [1.29, 1.82) is 0 Å². The van der Waals surface area contributed by atoms with Crippen LogP contribution in [0.15, 0.2) is 0 Å². The van der Waals surface area contributed by atoms with E-state index in [9.17, 15) is 4.79 Å². The van der Waals surface area contributed by atoms with Crippen LogP contribution >= 0.6 is 0 Å². The van der Waals surface area contributed by atoms with Gasteiger partial charge >= 0.3 is 0 Å². The van der Waals surface area contributed by atoms with E-state index in [-0.39, 0.29) is 5.54 Å². The van der Waals surface area contributed by atoms with Gasteiger partial charge in [-0.1, -0.05) is 51.4 Å². The van der Waals surface area contributed by atoms with E-state index in [1.165, 1.54) is 83.3 Å². The molecule has 2 aliphatic rings. The second-order valence-electron chi connectivity index (χ2n) is 6.66. The maximum absolute atomic E-state index is 11.2. The van der Waals surface area contributed by atoms with Crippen molar-refractivity contribution >= 4 is 6.29 Å². The number of aldehydes is 1. The van der Waals surface area contributed by atoms with Gasteiger partial charge in [-0.05, 0) is 38.1 Å². The van der Waals surface area contributed by atoms with Gasteiger partial charge in [0.15, 0.2) is 0 Å². The molecule has 0 aromatic carbocycles. The van der Waals surface area contributed by atoms with E-state index in [0.29, 0.717) is 0 Å². The summed E-state index contributed by atoms with van der Waals surface area (Å²) in [6.07, 6.45) is 18.0. The minimum absolute atomic E-state index is 0.138. The maximum Gasteiger partial charge on any atom is 0.121 e. The van der Waals surface area contributed by atoms with E-state index in [1.54, 1.807) is 0 Å². The first-order chi connectivity index (χ1) is 9.37. The van der Waals surface area contributed by atoms with E-state index in [2.05, 4.69) is 5.32 Å². The Balaban J connectivity index is 2.06. The molecule has 0 bridgehead atoms. The molecule has 0 aromatic heterocycles. The monoisotopic (exact) mass is 265 g/mol. The van der Waals surface area contributed by atoms with Crippen molar-refractivity contribution in [2.45, 2.75) is 89.0 Å². The lowest BCUT2D eigenvalue weighted by molar-refractivity contribution is -0.110. The lowest BCUT2D eigenvalue weighted by Gasteiger charge is -2.43. The predicted octanol–water partition coefficient (Wildman–Crippen LogP) is 4.23. The molecule has 0 spiro atoms. The minimum atomic E-state index is 0.138. The van der Waals surface area contributed by atoms with Gasteiger partial charge in [-0.15, -0.1) is 0 Å². The normalized spacial score (nSPS) is 31.8. The van der Waals surface area contributed by atoms with E-state index in [1.807, 2.05) is 0 Å². The highest BCUT2D eigenvalue weighted by Gasteiger charge is 2.37. The maximum atomic E-state index is 11.2. The van der Waals surface area contributed by atoms with Crippen molar-refractivity contribution in [3.63, 3.8) is 0 Å². The summed E-state index contributed by atoms with van der Waals surface area (Å²) < 4.78 is 0. The van der Waals surface area contributed by atoms with Crippen LogP contribution < -0.4 is 5.32 Å². The van der Waals surface area contributed by atoms with E-state index in [0.717, 1.165) is 18.9 Å². The third kappa shape index (κ3) is 4.30. The first-order valence-corrected chi connectivity index (χ1v) is 8.56. The highest BCUT2D eigenvalue weighted by molar-refractivity contribution is 5.52. The molecule has 2 heteroatoms. The Morgan fingerprint density at radius 3 is 2.26 bits per heavy atom. The van der Waals surface area contributed by atoms with Crippen LogP contribution in [0.25, 0.3) is 0 Å². The van der Waals surface area contributed by atoms with E-state index < -0.39 is 0 Å². The Morgan fingerprint density at radius 1 is 0.895 bits per heavy atom. The van der Waals surface area contributed by atoms with Crippen molar-refractivity contribution in [1.82, 2.24) is 5.32 Å². The average Bonchev–Trinajstić information content (AvgIpc) is 2.33. The van der Waals surface area contributed by atoms with Crippen LogP contribution in [0.3, 0.4) is 0 Å². The lowest BCUT2D eigenvalue weighted by atomic mass is 9.71. The Labute approximate surface area is 118 Å². The van der Waals surface area contributed by atoms with E-state index >= 15 is 0 Å².